The number of hydrogen-bond donors (Lipinski definition) is 3. The highest BCUT2D eigenvalue weighted by Gasteiger charge is 2.24. The zero-order chi connectivity index (χ0) is 31.1. The molecule has 13 heteroatoms. The minimum absolute atomic E-state index is 0.0772. The number of sulfone groups is 1. The van der Waals surface area contributed by atoms with Gasteiger partial charge in [0.05, 0.1) is 38.2 Å². The molecule has 0 fully saturated rings. The summed E-state index contributed by atoms with van der Waals surface area (Å²) in [5, 5.41) is 6.19. The number of hydrogen-bond acceptors (Lipinski definition) is 6. The smallest absolute Gasteiger partial charge is 0.331 e. The number of methoxy groups -OCH3 is 1. The molecule has 4 rings (SSSR count). The maximum absolute atomic E-state index is 13.3. The summed E-state index contributed by atoms with van der Waals surface area (Å²) in [4.78, 5) is 29.5. The fourth-order valence-electron chi connectivity index (χ4n) is 4.07. The lowest BCUT2D eigenvalue weighted by atomic mass is 10.1. The molecule has 0 aliphatic heterocycles. The Kier molecular flexibility index (Phi) is 10.3. The highest BCUT2D eigenvalue weighted by atomic mass is 35.5. The van der Waals surface area contributed by atoms with E-state index in [0.29, 0.717) is 11.3 Å². The van der Waals surface area contributed by atoms with Gasteiger partial charge in [-0.1, -0.05) is 71.2 Å². The average Bonchev–Trinajstić information content (AvgIpc) is 2.97. The third kappa shape index (κ3) is 7.85. The first kappa shape index (κ1) is 31.8. The fourth-order valence-corrected chi connectivity index (χ4v) is 6.23. The van der Waals surface area contributed by atoms with Crippen LogP contribution in [0.5, 0.6) is 0 Å². The second kappa shape index (κ2) is 13.9. The van der Waals surface area contributed by atoms with Crippen molar-refractivity contribution in [2.24, 2.45) is 10.7 Å². The van der Waals surface area contributed by atoms with Crippen molar-refractivity contribution in [2.75, 3.05) is 17.7 Å². The molecule has 0 aliphatic carbocycles. The van der Waals surface area contributed by atoms with Crippen molar-refractivity contribution in [3.63, 3.8) is 0 Å². The van der Waals surface area contributed by atoms with E-state index < -0.39 is 27.8 Å². The number of rotatable bonds is 9. The minimum atomic E-state index is -3.93. The Balaban J connectivity index is 1.53. The Labute approximate surface area is 263 Å². The van der Waals surface area contributed by atoms with Gasteiger partial charge in [-0.2, -0.15) is 0 Å². The lowest BCUT2D eigenvalue weighted by molar-refractivity contribution is -0.142. The number of carbonyl (C=O) groups is 2. The molecule has 4 aromatic carbocycles. The first-order valence-corrected chi connectivity index (χ1v) is 15.2. The molecule has 4 aromatic rings. The van der Waals surface area contributed by atoms with E-state index in [9.17, 15) is 18.0 Å². The molecule has 0 bridgehead atoms. The van der Waals surface area contributed by atoms with Crippen LogP contribution in [0.3, 0.4) is 0 Å². The van der Waals surface area contributed by atoms with Gasteiger partial charge in [-0.3, -0.25) is 4.79 Å². The van der Waals surface area contributed by atoms with Crippen LogP contribution < -0.4 is 16.4 Å². The molecule has 0 radical (unpaired) electrons. The van der Waals surface area contributed by atoms with Crippen LogP contribution in [0.4, 0.5) is 11.4 Å². The standard InChI is InChI=1S/C30H25Cl3N4O5S/c1-42-29(39)25(16-18-10-13-20(14-11-18)35-28(38)27-22(32)8-5-9-23(27)33)37-30(34)36-24-17-19(31)12-15-26(24)43(40,41)21-6-3-2-4-7-21/h2-15,17,25H,16H2,1H3,(H,35,38)(H3,34,36,37)/t25-/m0/s1. The number of anilines is 2. The van der Waals surface area contributed by atoms with E-state index in [0.717, 1.165) is 0 Å². The van der Waals surface area contributed by atoms with Crippen molar-refractivity contribution in [3.8, 4) is 0 Å². The molecule has 0 aliphatic rings. The maximum atomic E-state index is 13.3. The molecule has 222 valence electrons. The number of carbonyl (C=O) groups excluding carboxylic acids is 2. The summed E-state index contributed by atoms with van der Waals surface area (Å²) in [5.74, 6) is -1.38. The van der Waals surface area contributed by atoms with Crippen LogP contribution in [-0.2, 0) is 25.8 Å². The first-order chi connectivity index (χ1) is 20.5. The molecule has 1 amide bonds. The quantitative estimate of drug-likeness (QED) is 0.110. The summed E-state index contributed by atoms with van der Waals surface area (Å²) in [5.41, 5.74) is 7.52. The number of nitrogens with zero attached hydrogens (tertiary/aromatic N) is 1. The number of amides is 1. The molecular weight excluding hydrogens is 635 g/mol. The Bertz CT molecular complexity index is 1760. The van der Waals surface area contributed by atoms with Crippen LogP contribution >= 0.6 is 34.8 Å². The monoisotopic (exact) mass is 658 g/mol. The number of halogens is 3. The van der Waals surface area contributed by atoms with E-state index in [4.69, 9.17) is 45.3 Å². The highest BCUT2D eigenvalue weighted by Crippen LogP contribution is 2.30. The van der Waals surface area contributed by atoms with E-state index in [1.165, 1.54) is 37.4 Å². The number of ether oxygens (including phenoxy) is 1. The lowest BCUT2D eigenvalue weighted by Crippen LogP contribution is -2.31. The lowest BCUT2D eigenvalue weighted by Gasteiger charge is -2.15. The van der Waals surface area contributed by atoms with Crippen LogP contribution in [0.2, 0.25) is 15.1 Å². The fraction of sp³-hybridized carbons (Fsp3) is 0.100. The molecule has 0 saturated carbocycles. The van der Waals surface area contributed by atoms with Gasteiger partial charge in [0.1, 0.15) is 0 Å². The largest absolute Gasteiger partial charge is 0.467 e. The van der Waals surface area contributed by atoms with Gasteiger partial charge < -0.3 is 21.1 Å². The molecule has 0 saturated heterocycles. The molecule has 0 aromatic heterocycles. The molecule has 0 spiro atoms. The van der Waals surface area contributed by atoms with Crippen LogP contribution in [0, 0.1) is 0 Å². The number of esters is 1. The van der Waals surface area contributed by atoms with Crippen LogP contribution in [0.25, 0.3) is 0 Å². The Morgan fingerprint density at radius 1 is 0.884 bits per heavy atom. The third-order valence-electron chi connectivity index (χ3n) is 6.15. The number of guanidine groups is 1. The second-order valence-corrected chi connectivity index (χ2v) is 12.3. The molecular formula is C30H25Cl3N4O5S. The summed E-state index contributed by atoms with van der Waals surface area (Å²) in [6.45, 7) is 0. The van der Waals surface area contributed by atoms with Crippen molar-refractivity contribution in [2.45, 2.75) is 22.3 Å². The number of benzene rings is 4. The number of nitrogens with one attached hydrogen (secondary N) is 2. The summed E-state index contributed by atoms with van der Waals surface area (Å²) < 4.78 is 31.5. The zero-order valence-corrected chi connectivity index (χ0v) is 25.6. The van der Waals surface area contributed by atoms with Crippen LogP contribution in [0.15, 0.2) is 106 Å². The molecule has 0 unspecified atom stereocenters. The van der Waals surface area contributed by atoms with Crippen molar-refractivity contribution in [3.05, 3.63) is 117 Å². The first-order valence-electron chi connectivity index (χ1n) is 12.6. The maximum Gasteiger partial charge on any atom is 0.331 e. The van der Waals surface area contributed by atoms with Crippen molar-refractivity contribution in [1.29, 1.82) is 0 Å². The van der Waals surface area contributed by atoms with Crippen molar-refractivity contribution in [1.82, 2.24) is 0 Å². The van der Waals surface area contributed by atoms with Gasteiger partial charge in [-0.05, 0) is 60.2 Å². The van der Waals surface area contributed by atoms with Crippen LogP contribution in [-0.4, -0.2) is 39.4 Å². The van der Waals surface area contributed by atoms with Gasteiger partial charge in [0.15, 0.2) is 12.0 Å². The summed E-state index contributed by atoms with van der Waals surface area (Å²) in [7, 11) is -2.72. The number of aliphatic imine (C=N–C) groups is 1. The van der Waals surface area contributed by atoms with Gasteiger partial charge in [0, 0.05) is 17.1 Å². The molecule has 1 atom stereocenters. The normalized spacial score (nSPS) is 12.3. The Morgan fingerprint density at radius 2 is 1.53 bits per heavy atom. The Morgan fingerprint density at radius 3 is 2.16 bits per heavy atom. The van der Waals surface area contributed by atoms with Crippen molar-refractivity contribution >= 4 is 73.9 Å². The van der Waals surface area contributed by atoms with Gasteiger partial charge in [0.2, 0.25) is 9.84 Å². The predicted molar refractivity (Wildman–Crippen MR) is 169 cm³/mol. The molecule has 4 N–H and O–H groups in total. The topological polar surface area (TPSA) is 140 Å². The van der Waals surface area contributed by atoms with Gasteiger partial charge in [-0.15, -0.1) is 0 Å². The SMILES string of the molecule is COC(=O)[C@H](Cc1ccc(NC(=O)c2c(Cl)cccc2Cl)cc1)N=C(N)Nc1cc(Cl)ccc1S(=O)(=O)c1ccccc1. The van der Waals surface area contributed by atoms with Gasteiger partial charge >= 0.3 is 5.97 Å². The summed E-state index contributed by atoms with van der Waals surface area (Å²) >= 11 is 18.4. The van der Waals surface area contributed by atoms with E-state index in [1.54, 1.807) is 60.7 Å². The van der Waals surface area contributed by atoms with E-state index in [1.807, 2.05) is 0 Å². The summed E-state index contributed by atoms with van der Waals surface area (Å²) in [6, 6.07) is 22.5. The minimum Gasteiger partial charge on any atom is -0.467 e. The number of nitrogens with two attached hydrogens (primary N) is 1. The van der Waals surface area contributed by atoms with E-state index in [-0.39, 0.29) is 48.5 Å². The second-order valence-electron chi connectivity index (χ2n) is 9.09. The average molecular weight is 660 g/mol. The van der Waals surface area contributed by atoms with E-state index in [2.05, 4.69) is 15.6 Å². The molecule has 43 heavy (non-hydrogen) atoms. The van der Waals surface area contributed by atoms with Crippen molar-refractivity contribution < 1.29 is 22.7 Å². The van der Waals surface area contributed by atoms with Crippen LogP contribution in [0.1, 0.15) is 15.9 Å². The summed E-state index contributed by atoms with van der Waals surface area (Å²) in [6.07, 6.45) is 0.0876. The third-order valence-corrected chi connectivity index (χ3v) is 8.84. The molecule has 0 heterocycles. The van der Waals surface area contributed by atoms with Gasteiger partial charge in [-0.25, -0.2) is 18.2 Å². The molecule has 9 nitrogen and oxygen atoms in total. The Hall–Kier alpha value is -4.09. The van der Waals surface area contributed by atoms with Gasteiger partial charge in [0.25, 0.3) is 5.91 Å². The zero-order valence-electron chi connectivity index (χ0n) is 22.6. The van der Waals surface area contributed by atoms with E-state index >= 15 is 0 Å². The predicted octanol–water partition coefficient (Wildman–Crippen LogP) is 6.24. The highest BCUT2D eigenvalue weighted by molar-refractivity contribution is 7.91.